The maximum absolute atomic E-state index is 15.1. The topological polar surface area (TPSA) is 111 Å². The number of amidine groups is 1. The molecular formula is C23H23F4N5O3S. The molecule has 3 atom stereocenters. The van der Waals surface area contributed by atoms with Gasteiger partial charge in [-0.1, -0.05) is 17.8 Å². The van der Waals surface area contributed by atoms with Crippen LogP contribution >= 0.6 is 11.8 Å². The van der Waals surface area contributed by atoms with E-state index in [1.807, 2.05) is 0 Å². The largest absolute Gasteiger partial charge is 0.467 e. The van der Waals surface area contributed by atoms with Crippen LogP contribution < -0.4 is 10.5 Å². The van der Waals surface area contributed by atoms with Crippen molar-refractivity contribution >= 4 is 28.6 Å². The van der Waals surface area contributed by atoms with E-state index in [2.05, 4.69) is 19.7 Å². The zero-order chi connectivity index (χ0) is 26.5. The Hall–Kier alpha value is -3.22. The molecule has 1 fully saturated rings. The van der Waals surface area contributed by atoms with Gasteiger partial charge in [-0.25, -0.2) is 14.4 Å². The van der Waals surface area contributed by atoms with Crippen LogP contribution in [0.2, 0.25) is 0 Å². The molecule has 1 aromatic carbocycles. The normalized spacial score (nSPS) is 25.0. The second-order valence-corrected chi connectivity index (χ2v) is 10.5. The van der Waals surface area contributed by atoms with Gasteiger partial charge in [0.25, 0.3) is 0 Å². The van der Waals surface area contributed by atoms with Crippen LogP contribution in [0.5, 0.6) is 5.88 Å². The smallest absolute Gasteiger partial charge is 0.422 e. The molecular weight excluding hydrogens is 502 g/mol. The number of Topliss-reactive ketones (excluding diaryl/α,β-unsaturated/α-hetero) is 1. The lowest BCUT2D eigenvalue weighted by molar-refractivity contribution is -0.154. The number of ether oxygens (including phenoxy) is 1. The highest BCUT2D eigenvalue weighted by molar-refractivity contribution is 8.15. The summed E-state index contributed by atoms with van der Waals surface area (Å²) in [5.74, 6) is -1.78. The van der Waals surface area contributed by atoms with E-state index in [0.29, 0.717) is 12.0 Å². The highest BCUT2D eigenvalue weighted by Gasteiger charge is 2.71. The molecule has 2 N–H and O–H groups in total. The summed E-state index contributed by atoms with van der Waals surface area (Å²) in [6.07, 6.45) is -2.26. The Kier molecular flexibility index (Phi) is 6.48. The molecule has 8 nitrogen and oxygen atoms in total. The van der Waals surface area contributed by atoms with E-state index < -0.39 is 34.7 Å². The highest BCUT2D eigenvalue weighted by Crippen LogP contribution is 2.66. The van der Waals surface area contributed by atoms with Crippen molar-refractivity contribution in [2.45, 2.75) is 36.2 Å². The molecule has 0 saturated heterocycles. The summed E-state index contributed by atoms with van der Waals surface area (Å²) < 4.78 is 55.5. The Bertz CT molecular complexity index is 1240. The van der Waals surface area contributed by atoms with E-state index in [9.17, 15) is 22.8 Å². The van der Waals surface area contributed by atoms with Crippen LogP contribution in [0, 0.1) is 11.7 Å². The van der Waals surface area contributed by atoms with Crippen LogP contribution in [-0.2, 0) is 16.8 Å². The number of halogens is 4. The average Bonchev–Trinajstić information content (AvgIpc) is 3.54. The summed E-state index contributed by atoms with van der Waals surface area (Å²) in [5, 5.41) is 0.186. The maximum Gasteiger partial charge on any atom is 0.422 e. The Labute approximate surface area is 208 Å². The monoisotopic (exact) mass is 525 g/mol. The van der Waals surface area contributed by atoms with Crippen LogP contribution in [0.3, 0.4) is 0 Å². The minimum Gasteiger partial charge on any atom is -0.467 e. The number of fused-ring (bicyclic) bond motifs is 1. The van der Waals surface area contributed by atoms with E-state index in [1.54, 1.807) is 21.0 Å². The first kappa shape index (κ1) is 25.9. The molecule has 0 bridgehead atoms. The first-order chi connectivity index (χ1) is 16.7. The summed E-state index contributed by atoms with van der Waals surface area (Å²) in [4.78, 5) is 39.1. The van der Waals surface area contributed by atoms with Gasteiger partial charge in [0.15, 0.2) is 17.6 Å². The van der Waals surface area contributed by atoms with Crippen LogP contribution in [-0.4, -0.2) is 63.4 Å². The number of aromatic nitrogens is 2. The first-order valence-electron chi connectivity index (χ1n) is 10.8. The van der Waals surface area contributed by atoms with Crippen molar-refractivity contribution in [2.24, 2.45) is 16.6 Å². The summed E-state index contributed by atoms with van der Waals surface area (Å²) in [6.45, 7) is 0.199. The molecule has 4 rings (SSSR count). The SMILES string of the molecule is CN(C)C(=O)[C@]12C[C@H]1[C@@](C)(c1cc(CC(=O)c3cnc(OCC(F)(F)F)cn3)ccc1F)N=C(N)S2. The van der Waals surface area contributed by atoms with Crippen molar-refractivity contribution < 1.29 is 31.9 Å². The maximum atomic E-state index is 15.1. The van der Waals surface area contributed by atoms with Crippen molar-refractivity contribution in [3.63, 3.8) is 0 Å². The fourth-order valence-corrected chi connectivity index (χ4v) is 5.97. The number of nitrogens with two attached hydrogens (primary N) is 1. The number of benzene rings is 1. The van der Waals surface area contributed by atoms with Gasteiger partial charge in [0.2, 0.25) is 11.8 Å². The number of rotatable bonds is 7. The van der Waals surface area contributed by atoms with Crippen molar-refractivity contribution in [3.8, 4) is 5.88 Å². The fraction of sp³-hybridized carbons (Fsp3) is 0.435. The second kappa shape index (κ2) is 9.02. The van der Waals surface area contributed by atoms with Crippen molar-refractivity contribution in [2.75, 3.05) is 20.7 Å². The molecule has 2 aromatic rings. The third-order valence-electron chi connectivity index (χ3n) is 6.22. The van der Waals surface area contributed by atoms with E-state index in [-0.39, 0.29) is 40.6 Å². The molecule has 0 spiro atoms. The van der Waals surface area contributed by atoms with Crippen molar-refractivity contribution in [1.29, 1.82) is 0 Å². The van der Waals surface area contributed by atoms with Gasteiger partial charge >= 0.3 is 6.18 Å². The Balaban J connectivity index is 1.55. The van der Waals surface area contributed by atoms with Gasteiger partial charge in [-0.3, -0.25) is 14.6 Å². The molecule has 192 valence electrons. The molecule has 1 aromatic heterocycles. The molecule has 1 aliphatic heterocycles. The number of hydrogen-bond donors (Lipinski definition) is 1. The second-order valence-electron chi connectivity index (χ2n) is 9.10. The number of nitrogens with zero attached hydrogens (tertiary/aromatic N) is 4. The quantitative estimate of drug-likeness (QED) is 0.437. The van der Waals surface area contributed by atoms with Gasteiger partial charge in [0.1, 0.15) is 16.3 Å². The molecule has 1 aliphatic carbocycles. The van der Waals surface area contributed by atoms with Crippen LogP contribution in [0.15, 0.2) is 35.6 Å². The molecule has 0 unspecified atom stereocenters. The number of alkyl halides is 3. The average molecular weight is 526 g/mol. The number of aliphatic imine (C=N–C) groups is 1. The van der Waals surface area contributed by atoms with Crippen molar-refractivity contribution in [1.82, 2.24) is 14.9 Å². The molecule has 36 heavy (non-hydrogen) atoms. The zero-order valence-electron chi connectivity index (χ0n) is 19.6. The summed E-state index contributed by atoms with van der Waals surface area (Å²) in [6, 6.07) is 4.20. The van der Waals surface area contributed by atoms with Crippen LogP contribution in [0.25, 0.3) is 0 Å². The third kappa shape index (κ3) is 4.88. The summed E-state index contributed by atoms with van der Waals surface area (Å²) in [5.41, 5.74) is 5.56. The van der Waals surface area contributed by atoms with Gasteiger partial charge in [-0.05, 0) is 31.0 Å². The van der Waals surface area contributed by atoms with E-state index in [1.165, 1.54) is 34.9 Å². The van der Waals surface area contributed by atoms with Gasteiger partial charge < -0.3 is 15.4 Å². The molecule has 0 radical (unpaired) electrons. The number of carbonyl (C=O) groups is 2. The molecule has 13 heteroatoms. The molecule has 1 saturated carbocycles. The minimum absolute atomic E-state index is 0.0828. The zero-order valence-corrected chi connectivity index (χ0v) is 20.4. The number of ketones is 1. The number of hydrogen-bond acceptors (Lipinski definition) is 8. The Morgan fingerprint density at radius 3 is 2.58 bits per heavy atom. The summed E-state index contributed by atoms with van der Waals surface area (Å²) in [7, 11) is 3.30. The summed E-state index contributed by atoms with van der Waals surface area (Å²) >= 11 is 1.19. The van der Waals surface area contributed by atoms with Gasteiger partial charge in [0.05, 0.1) is 17.9 Å². The number of thioether (sulfide) groups is 1. The molecule has 2 aliphatic rings. The van der Waals surface area contributed by atoms with Crippen molar-refractivity contribution in [3.05, 3.63) is 53.2 Å². The van der Waals surface area contributed by atoms with Gasteiger partial charge in [0, 0.05) is 32.0 Å². The van der Waals surface area contributed by atoms with E-state index in [0.717, 1.165) is 12.4 Å². The predicted octanol–water partition coefficient (Wildman–Crippen LogP) is 3.11. The number of carbonyl (C=O) groups excluding carboxylic acids is 2. The lowest BCUT2D eigenvalue weighted by atomic mass is 9.84. The minimum atomic E-state index is -4.53. The Morgan fingerprint density at radius 1 is 1.25 bits per heavy atom. The van der Waals surface area contributed by atoms with Gasteiger partial charge in [-0.2, -0.15) is 13.2 Å². The fourth-order valence-electron chi connectivity index (χ4n) is 4.47. The first-order valence-corrected chi connectivity index (χ1v) is 11.7. The lowest BCUT2D eigenvalue weighted by Crippen LogP contribution is -2.43. The third-order valence-corrected chi connectivity index (χ3v) is 7.51. The molecule has 2 heterocycles. The van der Waals surface area contributed by atoms with Gasteiger partial charge in [-0.15, -0.1) is 0 Å². The molecule has 1 amide bonds. The van der Waals surface area contributed by atoms with E-state index in [4.69, 9.17) is 5.73 Å². The standard InChI is InChI=1S/C23H23F4N5O3S/c1-21(17-8-22(17,19(34)32(2)3)36-20(28)31-21)13-6-12(4-5-14(13)24)7-16(33)15-9-30-18(10-29-15)35-11-23(25,26)27/h4-6,9-10,17H,7-8,11H2,1-3H3,(H2,28,31)/t17-,21+,22-/m0/s1. The highest BCUT2D eigenvalue weighted by atomic mass is 32.2. The number of amides is 1. The predicted molar refractivity (Wildman–Crippen MR) is 124 cm³/mol. The Morgan fingerprint density at radius 2 is 1.97 bits per heavy atom. The lowest BCUT2D eigenvalue weighted by Gasteiger charge is -2.34. The van der Waals surface area contributed by atoms with Crippen LogP contribution in [0.4, 0.5) is 17.6 Å². The van der Waals surface area contributed by atoms with Crippen LogP contribution in [0.1, 0.15) is 35.0 Å². The van der Waals surface area contributed by atoms with E-state index >= 15 is 4.39 Å².